The molecule has 0 saturated heterocycles. The van der Waals surface area contributed by atoms with Crippen molar-refractivity contribution < 1.29 is 18.0 Å². The van der Waals surface area contributed by atoms with Crippen molar-refractivity contribution >= 4 is 38.9 Å². The van der Waals surface area contributed by atoms with E-state index in [4.69, 9.17) is 11.6 Å². The Bertz CT molecular complexity index is 1300. The highest BCUT2D eigenvalue weighted by Gasteiger charge is 2.33. The van der Waals surface area contributed by atoms with E-state index in [-0.39, 0.29) is 34.9 Å². The largest absolute Gasteiger partial charge is 0.345 e. The molecule has 8 heteroatoms. The third-order valence-electron chi connectivity index (χ3n) is 6.07. The molecule has 35 heavy (non-hydrogen) atoms. The Labute approximate surface area is 210 Å². The second-order valence-corrected chi connectivity index (χ2v) is 11.4. The highest BCUT2D eigenvalue weighted by molar-refractivity contribution is 7.91. The lowest BCUT2D eigenvalue weighted by molar-refractivity contribution is -0.115. The van der Waals surface area contributed by atoms with E-state index in [0.29, 0.717) is 27.8 Å². The van der Waals surface area contributed by atoms with E-state index < -0.39 is 9.84 Å². The van der Waals surface area contributed by atoms with Crippen LogP contribution in [0.25, 0.3) is 0 Å². The fourth-order valence-corrected chi connectivity index (χ4v) is 4.88. The van der Waals surface area contributed by atoms with Crippen molar-refractivity contribution in [3.05, 3.63) is 94.5 Å². The molecule has 3 aromatic carbocycles. The summed E-state index contributed by atoms with van der Waals surface area (Å²) in [5, 5.41) is 6.60. The number of carbonyl (C=O) groups excluding carboxylic acids is 2. The van der Waals surface area contributed by atoms with Gasteiger partial charge >= 0.3 is 0 Å². The quantitative estimate of drug-likeness (QED) is 0.414. The summed E-state index contributed by atoms with van der Waals surface area (Å²) in [6.07, 6.45) is 2.27. The first-order chi connectivity index (χ1) is 16.7. The predicted octanol–water partition coefficient (Wildman–Crippen LogP) is 5.20. The molecule has 0 aliphatic heterocycles. The summed E-state index contributed by atoms with van der Waals surface area (Å²) in [5.74, 6) is 0.0555. The van der Waals surface area contributed by atoms with Gasteiger partial charge in [-0.05, 0) is 78.4 Å². The molecular formula is C27H27ClN2O4S. The Morgan fingerprint density at radius 1 is 0.943 bits per heavy atom. The number of benzene rings is 3. The summed E-state index contributed by atoms with van der Waals surface area (Å²) in [6, 6.07) is 20.6. The second-order valence-electron chi connectivity index (χ2n) is 8.69. The molecule has 0 radical (unpaired) electrons. The first kappa shape index (κ1) is 24.9. The number of rotatable bonds is 9. The molecule has 1 aliphatic rings. The molecule has 0 unspecified atom stereocenters. The van der Waals surface area contributed by atoms with Gasteiger partial charge in [-0.3, -0.25) is 9.59 Å². The monoisotopic (exact) mass is 510 g/mol. The van der Waals surface area contributed by atoms with Crippen LogP contribution in [0, 0.1) is 5.92 Å². The Morgan fingerprint density at radius 2 is 1.57 bits per heavy atom. The number of amides is 2. The molecule has 3 aromatic rings. The molecule has 1 aliphatic carbocycles. The molecule has 6 nitrogen and oxygen atoms in total. The highest BCUT2D eigenvalue weighted by atomic mass is 35.5. The molecule has 182 valence electrons. The van der Waals surface area contributed by atoms with Crippen LogP contribution in [0.3, 0.4) is 0 Å². The van der Waals surface area contributed by atoms with Gasteiger partial charge in [-0.1, -0.05) is 42.8 Å². The zero-order valence-corrected chi connectivity index (χ0v) is 20.9. The van der Waals surface area contributed by atoms with E-state index in [2.05, 4.69) is 10.6 Å². The lowest BCUT2D eigenvalue weighted by Crippen LogP contribution is -2.29. The molecule has 0 heterocycles. The highest BCUT2D eigenvalue weighted by Crippen LogP contribution is 2.41. The van der Waals surface area contributed by atoms with Crippen molar-refractivity contribution in [2.45, 2.75) is 37.1 Å². The summed E-state index contributed by atoms with van der Waals surface area (Å²) in [6.45, 7) is 1.59. The van der Waals surface area contributed by atoms with E-state index >= 15 is 0 Å². The maximum Gasteiger partial charge on any atom is 0.251 e. The zero-order valence-electron chi connectivity index (χ0n) is 19.3. The van der Waals surface area contributed by atoms with Crippen LogP contribution in [0.4, 0.5) is 5.69 Å². The normalized spacial score (nSPS) is 14.2. The summed E-state index contributed by atoms with van der Waals surface area (Å²) in [5.41, 5.74) is 2.83. The van der Waals surface area contributed by atoms with Gasteiger partial charge in [0, 0.05) is 16.3 Å². The van der Waals surface area contributed by atoms with Crippen LogP contribution in [-0.4, -0.2) is 26.0 Å². The summed E-state index contributed by atoms with van der Waals surface area (Å²) >= 11 is 6.00. The van der Waals surface area contributed by atoms with Gasteiger partial charge in [-0.15, -0.1) is 0 Å². The van der Waals surface area contributed by atoms with Crippen molar-refractivity contribution in [3.63, 3.8) is 0 Å². The summed E-state index contributed by atoms with van der Waals surface area (Å²) in [7, 11) is -3.27. The van der Waals surface area contributed by atoms with E-state index in [1.807, 2.05) is 24.3 Å². The smallest absolute Gasteiger partial charge is 0.251 e. The minimum atomic E-state index is -3.27. The van der Waals surface area contributed by atoms with E-state index in [0.717, 1.165) is 18.4 Å². The van der Waals surface area contributed by atoms with Crippen molar-refractivity contribution in [2.75, 3.05) is 11.1 Å². The van der Waals surface area contributed by atoms with Crippen LogP contribution in [0.1, 0.15) is 47.3 Å². The molecule has 2 N–H and O–H groups in total. The van der Waals surface area contributed by atoms with Gasteiger partial charge in [0.1, 0.15) is 0 Å². The van der Waals surface area contributed by atoms with Crippen molar-refractivity contribution in [1.82, 2.24) is 5.32 Å². The molecule has 0 aromatic heterocycles. The van der Waals surface area contributed by atoms with Gasteiger partial charge in [0.2, 0.25) is 5.91 Å². The maximum absolute atomic E-state index is 12.9. The van der Waals surface area contributed by atoms with Gasteiger partial charge < -0.3 is 10.6 Å². The average molecular weight is 511 g/mol. The SMILES string of the molecule is CCS(=O)(=O)c1ccc(CC(=O)Nc2ccc(C(=O)N[C@@H](c3ccc(Cl)cc3)C3CC3)cc2)cc1. The zero-order chi connectivity index (χ0) is 25.0. The molecular weight excluding hydrogens is 484 g/mol. The lowest BCUT2D eigenvalue weighted by atomic mass is 10.0. The Balaban J connectivity index is 1.34. The molecule has 0 spiro atoms. The second kappa shape index (κ2) is 10.6. The van der Waals surface area contributed by atoms with E-state index in [1.165, 1.54) is 12.1 Å². The third-order valence-corrected chi connectivity index (χ3v) is 8.07. The Kier molecular flexibility index (Phi) is 7.57. The molecule has 1 saturated carbocycles. The van der Waals surface area contributed by atoms with Gasteiger partial charge in [-0.25, -0.2) is 8.42 Å². The van der Waals surface area contributed by atoms with Crippen LogP contribution < -0.4 is 10.6 Å². The van der Waals surface area contributed by atoms with Crippen LogP contribution in [0.2, 0.25) is 5.02 Å². The number of hydrogen-bond donors (Lipinski definition) is 2. The fraction of sp³-hybridized carbons (Fsp3) is 0.259. The molecule has 1 fully saturated rings. The van der Waals surface area contributed by atoms with Crippen molar-refractivity contribution in [1.29, 1.82) is 0 Å². The van der Waals surface area contributed by atoms with Gasteiger partial charge in [0.15, 0.2) is 9.84 Å². The molecule has 0 bridgehead atoms. The summed E-state index contributed by atoms with van der Waals surface area (Å²) in [4.78, 5) is 25.5. The lowest BCUT2D eigenvalue weighted by Gasteiger charge is -2.19. The number of anilines is 1. The number of nitrogens with one attached hydrogen (secondary N) is 2. The van der Waals surface area contributed by atoms with E-state index in [9.17, 15) is 18.0 Å². The topological polar surface area (TPSA) is 92.3 Å². The minimum absolute atomic E-state index is 0.0310. The first-order valence-corrected chi connectivity index (χ1v) is 13.6. The number of carbonyl (C=O) groups is 2. The maximum atomic E-state index is 12.9. The van der Waals surface area contributed by atoms with Crippen LogP contribution in [-0.2, 0) is 21.1 Å². The van der Waals surface area contributed by atoms with Crippen LogP contribution in [0.5, 0.6) is 0 Å². The third kappa shape index (κ3) is 6.50. The van der Waals surface area contributed by atoms with Crippen LogP contribution in [0.15, 0.2) is 77.7 Å². The number of sulfone groups is 1. The molecule has 1 atom stereocenters. The Morgan fingerprint density at radius 3 is 2.14 bits per heavy atom. The first-order valence-electron chi connectivity index (χ1n) is 11.5. The fourth-order valence-electron chi connectivity index (χ4n) is 3.87. The predicted molar refractivity (Wildman–Crippen MR) is 137 cm³/mol. The van der Waals surface area contributed by atoms with Gasteiger partial charge in [0.05, 0.1) is 23.1 Å². The van der Waals surface area contributed by atoms with Crippen molar-refractivity contribution in [2.24, 2.45) is 5.92 Å². The van der Waals surface area contributed by atoms with Crippen LogP contribution >= 0.6 is 11.6 Å². The number of halogens is 1. The average Bonchev–Trinajstić information content (AvgIpc) is 3.69. The standard InChI is InChI=1S/C27H27ClN2O4S/c1-2-35(33,34)24-15-3-18(4-16-24)17-25(31)29-23-13-9-21(10-14-23)27(32)30-26(19-5-6-19)20-7-11-22(28)12-8-20/h3-4,7-16,19,26H,2,5-6,17H2,1H3,(H,29,31)(H,30,32)/t26-/m1/s1. The summed E-state index contributed by atoms with van der Waals surface area (Å²) < 4.78 is 23.8. The van der Waals surface area contributed by atoms with E-state index in [1.54, 1.807) is 43.3 Å². The van der Waals surface area contributed by atoms with Gasteiger partial charge in [0.25, 0.3) is 5.91 Å². The van der Waals surface area contributed by atoms with Gasteiger partial charge in [-0.2, -0.15) is 0 Å². The number of hydrogen-bond acceptors (Lipinski definition) is 4. The van der Waals surface area contributed by atoms with Crippen molar-refractivity contribution in [3.8, 4) is 0 Å². The minimum Gasteiger partial charge on any atom is -0.345 e. The molecule has 4 rings (SSSR count). The molecule has 2 amide bonds. The Hall–Kier alpha value is -3.16.